The van der Waals surface area contributed by atoms with Gasteiger partial charge in [-0.2, -0.15) is 5.10 Å². The second-order valence-corrected chi connectivity index (χ2v) is 8.66. The van der Waals surface area contributed by atoms with Crippen molar-refractivity contribution in [2.45, 2.75) is 45.4 Å². The number of urea groups is 1. The number of para-hydroxylation sites is 1. The molecule has 4 rings (SSSR count). The fraction of sp³-hybridized carbons (Fsp3) is 0.385. The normalized spacial score (nSPS) is 15.6. The number of benzene rings is 2. The number of rotatable bonds is 8. The third-order valence-corrected chi connectivity index (χ3v) is 5.59. The van der Waals surface area contributed by atoms with E-state index in [4.69, 9.17) is 14.6 Å². The molecule has 0 unspecified atom stereocenters. The SMILES string of the molecule is CC(C)NC(=O)N(Cc1c(-c2ccccc2)nn(C)c1Oc1ccccc1)C[C@@H]1CCCO1. The average Bonchev–Trinajstić information content (AvgIpc) is 3.43. The molecule has 7 nitrogen and oxygen atoms in total. The van der Waals surface area contributed by atoms with Gasteiger partial charge in [0.05, 0.1) is 18.2 Å². The highest BCUT2D eigenvalue weighted by atomic mass is 16.5. The summed E-state index contributed by atoms with van der Waals surface area (Å²) in [5.41, 5.74) is 2.65. The first-order chi connectivity index (χ1) is 16.0. The minimum absolute atomic E-state index is 0.0343. The molecule has 33 heavy (non-hydrogen) atoms. The van der Waals surface area contributed by atoms with Gasteiger partial charge in [-0.1, -0.05) is 48.5 Å². The average molecular weight is 449 g/mol. The quantitative estimate of drug-likeness (QED) is 0.528. The first-order valence-electron chi connectivity index (χ1n) is 11.5. The smallest absolute Gasteiger partial charge is 0.317 e. The van der Waals surface area contributed by atoms with Gasteiger partial charge in [0, 0.05) is 31.8 Å². The molecule has 174 valence electrons. The summed E-state index contributed by atoms with van der Waals surface area (Å²) in [6.07, 6.45) is 2.02. The van der Waals surface area contributed by atoms with Crippen molar-refractivity contribution in [1.29, 1.82) is 0 Å². The lowest BCUT2D eigenvalue weighted by Crippen LogP contribution is -2.45. The Hall–Kier alpha value is -3.32. The van der Waals surface area contributed by atoms with Crippen LogP contribution in [0.4, 0.5) is 4.79 Å². The first-order valence-corrected chi connectivity index (χ1v) is 11.5. The van der Waals surface area contributed by atoms with Crippen LogP contribution < -0.4 is 10.1 Å². The van der Waals surface area contributed by atoms with Crippen molar-refractivity contribution in [1.82, 2.24) is 20.0 Å². The van der Waals surface area contributed by atoms with Crippen molar-refractivity contribution < 1.29 is 14.3 Å². The van der Waals surface area contributed by atoms with Crippen molar-refractivity contribution in [2.75, 3.05) is 13.2 Å². The van der Waals surface area contributed by atoms with E-state index in [2.05, 4.69) is 5.32 Å². The lowest BCUT2D eigenvalue weighted by atomic mass is 10.1. The Morgan fingerprint density at radius 1 is 1.18 bits per heavy atom. The van der Waals surface area contributed by atoms with Gasteiger partial charge in [-0.3, -0.25) is 0 Å². The zero-order valence-corrected chi connectivity index (χ0v) is 19.5. The Balaban J connectivity index is 1.72. The molecule has 1 aliphatic heterocycles. The molecular weight excluding hydrogens is 416 g/mol. The summed E-state index contributed by atoms with van der Waals surface area (Å²) in [6.45, 7) is 5.55. The molecule has 0 aliphatic carbocycles. The second-order valence-electron chi connectivity index (χ2n) is 8.66. The van der Waals surface area contributed by atoms with Crippen molar-refractivity contribution in [3.05, 3.63) is 66.2 Å². The summed E-state index contributed by atoms with van der Waals surface area (Å²) in [5.74, 6) is 1.34. The maximum atomic E-state index is 13.2. The maximum absolute atomic E-state index is 13.2. The lowest BCUT2D eigenvalue weighted by molar-refractivity contribution is 0.0789. The van der Waals surface area contributed by atoms with Gasteiger partial charge < -0.3 is 19.7 Å². The molecule has 1 aromatic heterocycles. The number of nitrogens with one attached hydrogen (secondary N) is 1. The third kappa shape index (κ3) is 5.73. The van der Waals surface area contributed by atoms with E-state index in [1.165, 1.54) is 0 Å². The fourth-order valence-corrected chi connectivity index (χ4v) is 4.03. The summed E-state index contributed by atoms with van der Waals surface area (Å²) >= 11 is 0. The molecule has 1 saturated heterocycles. The first kappa shape index (κ1) is 22.9. The van der Waals surface area contributed by atoms with E-state index in [1.54, 1.807) is 4.68 Å². The van der Waals surface area contributed by atoms with Gasteiger partial charge in [0.1, 0.15) is 11.4 Å². The van der Waals surface area contributed by atoms with Crippen molar-refractivity contribution in [3.8, 4) is 22.9 Å². The minimum Gasteiger partial charge on any atom is -0.439 e. The number of aromatic nitrogens is 2. The van der Waals surface area contributed by atoms with Crippen molar-refractivity contribution >= 4 is 6.03 Å². The zero-order chi connectivity index (χ0) is 23.2. The topological polar surface area (TPSA) is 68.6 Å². The summed E-state index contributed by atoms with van der Waals surface area (Å²) in [7, 11) is 1.87. The highest BCUT2D eigenvalue weighted by Crippen LogP contribution is 2.34. The number of carbonyl (C=O) groups is 1. The van der Waals surface area contributed by atoms with Gasteiger partial charge in [-0.15, -0.1) is 0 Å². The Morgan fingerprint density at radius 3 is 2.52 bits per heavy atom. The molecule has 2 heterocycles. The Bertz CT molecular complexity index is 1040. The molecule has 0 bridgehead atoms. The molecule has 2 aromatic carbocycles. The highest BCUT2D eigenvalue weighted by Gasteiger charge is 2.28. The number of amides is 2. The number of hydrogen-bond acceptors (Lipinski definition) is 4. The molecule has 0 spiro atoms. The minimum atomic E-state index is -0.117. The summed E-state index contributed by atoms with van der Waals surface area (Å²) in [4.78, 5) is 15.0. The van der Waals surface area contributed by atoms with E-state index < -0.39 is 0 Å². The molecule has 2 amide bonds. The zero-order valence-electron chi connectivity index (χ0n) is 19.5. The van der Waals surface area contributed by atoms with E-state index in [0.29, 0.717) is 19.0 Å². The molecule has 1 N–H and O–H groups in total. The number of carbonyl (C=O) groups excluding carboxylic acids is 1. The van der Waals surface area contributed by atoms with Crippen LogP contribution in [0.25, 0.3) is 11.3 Å². The van der Waals surface area contributed by atoms with Crippen LogP contribution in [0.5, 0.6) is 11.6 Å². The molecular formula is C26H32N4O3. The number of ether oxygens (including phenoxy) is 2. The van der Waals surface area contributed by atoms with Crippen molar-refractivity contribution in [2.24, 2.45) is 7.05 Å². The van der Waals surface area contributed by atoms with Crippen LogP contribution in [0.1, 0.15) is 32.3 Å². The number of nitrogens with zero attached hydrogens (tertiary/aromatic N) is 3. The number of hydrogen-bond donors (Lipinski definition) is 1. The highest BCUT2D eigenvalue weighted by molar-refractivity contribution is 5.75. The van der Waals surface area contributed by atoms with E-state index >= 15 is 0 Å². The lowest BCUT2D eigenvalue weighted by Gasteiger charge is -2.27. The van der Waals surface area contributed by atoms with E-state index in [1.807, 2.05) is 86.5 Å². The summed E-state index contributed by atoms with van der Waals surface area (Å²) < 4.78 is 13.9. The Labute approximate surface area is 195 Å². The Kier molecular flexibility index (Phi) is 7.29. The van der Waals surface area contributed by atoms with Crippen LogP contribution >= 0.6 is 0 Å². The van der Waals surface area contributed by atoms with E-state index in [-0.39, 0.29) is 18.2 Å². The second kappa shape index (κ2) is 10.5. The van der Waals surface area contributed by atoms with Gasteiger partial charge >= 0.3 is 6.03 Å². The van der Waals surface area contributed by atoms with Gasteiger partial charge in [0.2, 0.25) is 5.88 Å². The van der Waals surface area contributed by atoms with Crippen LogP contribution in [0, 0.1) is 0 Å². The Morgan fingerprint density at radius 2 is 1.88 bits per heavy atom. The summed E-state index contributed by atoms with van der Waals surface area (Å²) in [5, 5.41) is 7.82. The molecule has 7 heteroatoms. The van der Waals surface area contributed by atoms with E-state index in [0.717, 1.165) is 42.0 Å². The van der Waals surface area contributed by atoms with Crippen LogP contribution in [0.2, 0.25) is 0 Å². The van der Waals surface area contributed by atoms with Crippen LogP contribution in [-0.2, 0) is 18.3 Å². The van der Waals surface area contributed by atoms with Crippen LogP contribution in [-0.4, -0.2) is 46.0 Å². The summed E-state index contributed by atoms with van der Waals surface area (Å²) in [6, 6.07) is 19.6. The molecule has 1 aliphatic rings. The van der Waals surface area contributed by atoms with Crippen LogP contribution in [0.15, 0.2) is 60.7 Å². The predicted octanol–water partition coefficient (Wildman–Crippen LogP) is 4.98. The fourth-order valence-electron chi connectivity index (χ4n) is 4.03. The largest absolute Gasteiger partial charge is 0.439 e. The van der Waals surface area contributed by atoms with Gasteiger partial charge in [-0.05, 0) is 38.8 Å². The molecule has 1 fully saturated rings. The monoisotopic (exact) mass is 448 g/mol. The molecule has 0 saturated carbocycles. The van der Waals surface area contributed by atoms with Crippen molar-refractivity contribution in [3.63, 3.8) is 0 Å². The molecule has 1 atom stereocenters. The molecule has 3 aromatic rings. The third-order valence-electron chi connectivity index (χ3n) is 5.59. The van der Waals surface area contributed by atoms with Gasteiger partial charge in [0.25, 0.3) is 0 Å². The molecule has 0 radical (unpaired) electrons. The maximum Gasteiger partial charge on any atom is 0.317 e. The van der Waals surface area contributed by atoms with Gasteiger partial charge in [-0.25, -0.2) is 9.48 Å². The van der Waals surface area contributed by atoms with E-state index in [9.17, 15) is 4.79 Å². The predicted molar refractivity (Wildman–Crippen MR) is 128 cm³/mol. The standard InChI is InChI=1S/C26H32N4O3/c1-19(2)27-26(31)30(17-22-15-10-16-32-22)18-23-24(20-11-6-4-7-12-20)28-29(3)25(23)33-21-13-8-5-9-14-21/h4-9,11-14,19,22H,10,15-18H2,1-3H3,(H,27,31)/t22-/m0/s1. The van der Waals surface area contributed by atoms with Crippen LogP contribution in [0.3, 0.4) is 0 Å². The number of aryl methyl sites for hydroxylation is 1. The van der Waals surface area contributed by atoms with Gasteiger partial charge in [0.15, 0.2) is 0 Å².